The molecular formula is C7H15NO2S2. The van der Waals surface area contributed by atoms with Gasteiger partial charge >= 0.3 is 6.09 Å². The van der Waals surface area contributed by atoms with Gasteiger partial charge < -0.3 is 9.08 Å². The summed E-state index contributed by atoms with van der Waals surface area (Å²) in [7, 11) is 0. The van der Waals surface area contributed by atoms with Crippen LogP contribution in [0.2, 0.25) is 0 Å². The Morgan fingerprint density at radius 1 is 1.33 bits per heavy atom. The van der Waals surface area contributed by atoms with E-state index in [1.807, 2.05) is 27.7 Å². The zero-order valence-corrected chi connectivity index (χ0v) is 9.48. The van der Waals surface area contributed by atoms with Gasteiger partial charge in [0.05, 0.1) is 0 Å². The SMILES string of the molecule is CC(C)N(C(=O)OSS)C(C)C. The van der Waals surface area contributed by atoms with Crippen molar-refractivity contribution in [3.8, 4) is 0 Å². The lowest BCUT2D eigenvalue weighted by Gasteiger charge is -2.28. The Bertz CT molecular complexity index is 142. The number of carbonyl (C=O) groups excluding carboxylic acids is 1. The molecule has 0 spiro atoms. The maximum Gasteiger partial charge on any atom is 0.423 e. The summed E-state index contributed by atoms with van der Waals surface area (Å²) in [5.41, 5.74) is 0. The van der Waals surface area contributed by atoms with Gasteiger partial charge in [-0.25, -0.2) is 4.79 Å². The van der Waals surface area contributed by atoms with Crippen molar-refractivity contribution in [1.29, 1.82) is 0 Å². The van der Waals surface area contributed by atoms with E-state index in [2.05, 4.69) is 11.7 Å². The lowest BCUT2D eigenvalue weighted by Crippen LogP contribution is -2.41. The molecule has 0 heterocycles. The van der Waals surface area contributed by atoms with Gasteiger partial charge in [-0.15, -0.1) is 0 Å². The van der Waals surface area contributed by atoms with Crippen molar-refractivity contribution in [2.45, 2.75) is 39.8 Å². The van der Waals surface area contributed by atoms with Crippen LogP contribution in [0.25, 0.3) is 0 Å². The number of hydrogen-bond donors (Lipinski definition) is 1. The van der Waals surface area contributed by atoms with Gasteiger partial charge in [-0.1, -0.05) is 11.7 Å². The Morgan fingerprint density at radius 3 is 2.00 bits per heavy atom. The number of rotatable bonds is 3. The first-order valence-corrected chi connectivity index (χ1v) is 5.60. The minimum Gasteiger partial charge on any atom is -0.363 e. The zero-order chi connectivity index (χ0) is 9.72. The average Bonchev–Trinajstić information content (AvgIpc) is 1.85. The van der Waals surface area contributed by atoms with Gasteiger partial charge in [0, 0.05) is 12.1 Å². The van der Waals surface area contributed by atoms with Crippen molar-refractivity contribution >= 4 is 28.8 Å². The van der Waals surface area contributed by atoms with Gasteiger partial charge in [0.2, 0.25) is 0 Å². The smallest absolute Gasteiger partial charge is 0.363 e. The Hall–Kier alpha value is -0.0300. The molecule has 5 heteroatoms. The van der Waals surface area contributed by atoms with Crippen molar-refractivity contribution < 1.29 is 8.98 Å². The molecule has 0 N–H and O–H groups in total. The first-order valence-electron chi connectivity index (χ1n) is 3.81. The lowest BCUT2D eigenvalue weighted by atomic mass is 10.2. The maximum absolute atomic E-state index is 11.3. The summed E-state index contributed by atoms with van der Waals surface area (Å²) < 4.78 is 4.69. The van der Waals surface area contributed by atoms with Crippen molar-refractivity contribution in [2.75, 3.05) is 0 Å². The van der Waals surface area contributed by atoms with Crippen LogP contribution in [0.1, 0.15) is 27.7 Å². The molecule has 0 aromatic heterocycles. The second-order valence-corrected chi connectivity index (χ2v) is 3.78. The molecule has 12 heavy (non-hydrogen) atoms. The summed E-state index contributed by atoms with van der Waals surface area (Å²) in [4.78, 5) is 12.9. The molecular weight excluding hydrogens is 194 g/mol. The third kappa shape index (κ3) is 3.58. The molecule has 0 saturated heterocycles. The Balaban J connectivity index is 4.20. The largest absolute Gasteiger partial charge is 0.423 e. The van der Waals surface area contributed by atoms with Crippen LogP contribution in [0.4, 0.5) is 4.79 Å². The zero-order valence-electron chi connectivity index (χ0n) is 7.77. The molecule has 0 saturated carbocycles. The third-order valence-corrected chi connectivity index (χ3v) is 1.87. The summed E-state index contributed by atoms with van der Waals surface area (Å²) in [6, 6.07) is 0.302. The van der Waals surface area contributed by atoms with E-state index in [0.717, 1.165) is 11.1 Å². The fraction of sp³-hybridized carbons (Fsp3) is 0.857. The van der Waals surface area contributed by atoms with E-state index in [9.17, 15) is 4.79 Å². The van der Waals surface area contributed by atoms with Crippen LogP contribution in [0.5, 0.6) is 0 Å². The Kier molecular flexibility index (Phi) is 5.57. The number of hydrogen-bond acceptors (Lipinski definition) is 4. The molecule has 0 aromatic rings. The molecule has 72 valence electrons. The minimum atomic E-state index is -0.333. The second kappa shape index (κ2) is 5.59. The summed E-state index contributed by atoms with van der Waals surface area (Å²) in [5.74, 6) is 0. The van der Waals surface area contributed by atoms with E-state index < -0.39 is 0 Å². The molecule has 0 aliphatic carbocycles. The Labute approximate surface area is 82.9 Å². The molecule has 3 nitrogen and oxygen atoms in total. The minimum absolute atomic E-state index is 0.151. The molecule has 0 radical (unpaired) electrons. The lowest BCUT2D eigenvalue weighted by molar-refractivity contribution is 0.130. The average molecular weight is 209 g/mol. The summed E-state index contributed by atoms with van der Waals surface area (Å²) in [6.07, 6.45) is -0.333. The predicted octanol–water partition coefficient (Wildman–Crippen LogP) is 2.73. The highest BCUT2D eigenvalue weighted by Crippen LogP contribution is 2.14. The molecule has 1 amide bonds. The molecule has 0 atom stereocenters. The van der Waals surface area contributed by atoms with E-state index in [0.29, 0.717) is 0 Å². The van der Waals surface area contributed by atoms with Crippen LogP contribution in [0, 0.1) is 0 Å². The molecule has 0 unspecified atom stereocenters. The summed E-state index contributed by atoms with van der Waals surface area (Å²) in [5, 5.41) is 0. The van der Waals surface area contributed by atoms with Crippen LogP contribution in [0.15, 0.2) is 0 Å². The molecule has 0 rings (SSSR count). The van der Waals surface area contributed by atoms with Crippen LogP contribution in [-0.4, -0.2) is 23.1 Å². The summed E-state index contributed by atoms with van der Waals surface area (Å²) in [6.45, 7) is 7.80. The number of thiol groups is 1. The monoisotopic (exact) mass is 209 g/mol. The van der Waals surface area contributed by atoms with Crippen molar-refractivity contribution in [1.82, 2.24) is 4.90 Å². The van der Waals surface area contributed by atoms with Crippen LogP contribution in [0.3, 0.4) is 0 Å². The molecule has 0 bridgehead atoms. The van der Waals surface area contributed by atoms with Gasteiger partial charge in [-0.3, -0.25) is 0 Å². The van der Waals surface area contributed by atoms with Gasteiger partial charge in [0.1, 0.15) is 11.1 Å². The van der Waals surface area contributed by atoms with Crippen LogP contribution >= 0.6 is 22.7 Å². The van der Waals surface area contributed by atoms with E-state index in [1.54, 1.807) is 4.90 Å². The molecule has 0 aliphatic rings. The van der Waals surface area contributed by atoms with Crippen molar-refractivity contribution in [3.05, 3.63) is 0 Å². The Morgan fingerprint density at radius 2 is 1.75 bits per heavy atom. The highest BCUT2D eigenvalue weighted by molar-refractivity contribution is 8.66. The van der Waals surface area contributed by atoms with Gasteiger partial charge in [0.25, 0.3) is 0 Å². The normalized spacial score (nSPS) is 10.6. The van der Waals surface area contributed by atoms with Crippen molar-refractivity contribution in [2.24, 2.45) is 0 Å². The first kappa shape index (κ1) is 12.0. The van der Waals surface area contributed by atoms with Gasteiger partial charge in [0.15, 0.2) is 0 Å². The fourth-order valence-electron chi connectivity index (χ4n) is 1.09. The van der Waals surface area contributed by atoms with Gasteiger partial charge in [-0.2, -0.15) is 0 Å². The van der Waals surface area contributed by atoms with Crippen LogP contribution < -0.4 is 0 Å². The predicted molar refractivity (Wildman–Crippen MR) is 55.2 cm³/mol. The standard InChI is InChI=1S/C7H15NO2S2/c1-5(2)8(6(3)4)7(9)10-12-11/h5-6,11H,1-4H3. The number of nitrogens with zero attached hydrogens (tertiary/aromatic N) is 1. The van der Waals surface area contributed by atoms with Gasteiger partial charge in [-0.05, 0) is 27.7 Å². The highest BCUT2D eigenvalue weighted by Gasteiger charge is 2.21. The topological polar surface area (TPSA) is 29.5 Å². The fourth-order valence-corrected chi connectivity index (χ4v) is 1.43. The molecule has 0 fully saturated rings. The number of amides is 1. The second-order valence-electron chi connectivity index (χ2n) is 3.02. The first-order chi connectivity index (χ1) is 5.50. The van der Waals surface area contributed by atoms with E-state index in [1.165, 1.54) is 0 Å². The van der Waals surface area contributed by atoms with Crippen LogP contribution in [-0.2, 0) is 4.18 Å². The number of carbonyl (C=O) groups is 1. The molecule has 0 aliphatic heterocycles. The molecule has 0 aromatic carbocycles. The summed E-state index contributed by atoms with van der Waals surface area (Å²) >= 11 is 4.51. The quantitative estimate of drug-likeness (QED) is 0.440. The highest BCUT2D eigenvalue weighted by atomic mass is 33.1. The van der Waals surface area contributed by atoms with E-state index in [-0.39, 0.29) is 18.2 Å². The third-order valence-electron chi connectivity index (χ3n) is 1.43. The van der Waals surface area contributed by atoms with Crippen molar-refractivity contribution in [3.63, 3.8) is 0 Å². The van der Waals surface area contributed by atoms with E-state index >= 15 is 0 Å². The van der Waals surface area contributed by atoms with E-state index in [4.69, 9.17) is 4.18 Å². The maximum atomic E-state index is 11.3.